The topological polar surface area (TPSA) is 55.0 Å². The second kappa shape index (κ2) is 3.42. The molecule has 14 heavy (non-hydrogen) atoms. The largest absolute Gasteiger partial charge is 0.464 e. The van der Waals surface area contributed by atoms with E-state index in [2.05, 4.69) is 30.6 Å². The molecule has 2 heterocycles. The molecular weight excluding hydrogens is 248 g/mol. The molecule has 2 aromatic heterocycles. The average molecular weight is 255 g/mol. The highest BCUT2D eigenvalue weighted by Gasteiger charge is 2.09. The van der Waals surface area contributed by atoms with Gasteiger partial charge < -0.3 is 9.72 Å². The van der Waals surface area contributed by atoms with Crippen molar-refractivity contribution in [1.29, 1.82) is 0 Å². The summed E-state index contributed by atoms with van der Waals surface area (Å²) in [5.74, 6) is -0.390. The van der Waals surface area contributed by atoms with Crippen molar-refractivity contribution in [3.05, 3.63) is 28.5 Å². The number of hydrogen-bond donors (Lipinski definition) is 1. The lowest BCUT2D eigenvalue weighted by Crippen LogP contribution is -2.00. The molecule has 0 saturated carbocycles. The molecule has 0 radical (unpaired) electrons. The third-order valence-corrected chi connectivity index (χ3v) is 2.27. The Balaban J connectivity index is 2.56. The number of esters is 1. The highest BCUT2D eigenvalue weighted by atomic mass is 79.9. The maximum absolute atomic E-state index is 11.2. The van der Waals surface area contributed by atoms with Crippen LogP contribution in [0.2, 0.25) is 0 Å². The predicted octanol–water partition coefficient (Wildman–Crippen LogP) is 2.11. The Morgan fingerprint density at radius 1 is 1.57 bits per heavy atom. The molecule has 72 valence electrons. The van der Waals surface area contributed by atoms with Crippen molar-refractivity contribution >= 4 is 32.9 Å². The molecule has 0 saturated heterocycles. The summed E-state index contributed by atoms with van der Waals surface area (Å²) in [6, 6.07) is 3.52. The van der Waals surface area contributed by atoms with Crippen LogP contribution in [0.25, 0.3) is 11.0 Å². The van der Waals surface area contributed by atoms with E-state index in [1.54, 1.807) is 12.3 Å². The van der Waals surface area contributed by atoms with Crippen molar-refractivity contribution < 1.29 is 9.53 Å². The second-order valence-electron chi connectivity index (χ2n) is 2.76. The molecular formula is C9H7BrN2O2. The smallest absolute Gasteiger partial charge is 0.354 e. The van der Waals surface area contributed by atoms with Crippen molar-refractivity contribution in [1.82, 2.24) is 9.97 Å². The van der Waals surface area contributed by atoms with Gasteiger partial charge in [0.05, 0.1) is 18.1 Å². The molecule has 0 spiro atoms. The lowest BCUT2D eigenvalue weighted by Gasteiger charge is -1.92. The summed E-state index contributed by atoms with van der Waals surface area (Å²) in [4.78, 5) is 18.2. The van der Waals surface area contributed by atoms with E-state index >= 15 is 0 Å². The fraction of sp³-hybridized carbons (Fsp3) is 0.111. The first kappa shape index (κ1) is 9.21. The van der Waals surface area contributed by atoms with E-state index in [0.717, 1.165) is 15.5 Å². The number of H-pyrrole nitrogens is 1. The summed E-state index contributed by atoms with van der Waals surface area (Å²) in [6.45, 7) is 0. The number of nitrogens with one attached hydrogen (secondary N) is 1. The standard InChI is InChI=1S/C9H7BrN2O2/c1-14-9(13)8-3-6-7(12-8)2-5(10)4-11-6/h2-4,12H,1H3. The molecule has 0 aliphatic rings. The van der Waals surface area contributed by atoms with E-state index in [-0.39, 0.29) is 5.97 Å². The third-order valence-electron chi connectivity index (χ3n) is 1.84. The molecule has 0 aliphatic heterocycles. The van der Waals surface area contributed by atoms with Crippen LogP contribution in [0.4, 0.5) is 0 Å². The van der Waals surface area contributed by atoms with Crippen molar-refractivity contribution in [2.45, 2.75) is 0 Å². The van der Waals surface area contributed by atoms with Gasteiger partial charge in [0.1, 0.15) is 5.69 Å². The number of halogens is 1. The van der Waals surface area contributed by atoms with Crippen molar-refractivity contribution in [2.24, 2.45) is 0 Å². The summed E-state index contributed by atoms with van der Waals surface area (Å²) >= 11 is 3.30. The van der Waals surface area contributed by atoms with Gasteiger partial charge in [-0.15, -0.1) is 0 Å². The van der Waals surface area contributed by atoms with Gasteiger partial charge in [0.25, 0.3) is 0 Å². The van der Waals surface area contributed by atoms with Gasteiger partial charge in [-0.25, -0.2) is 4.79 Å². The van der Waals surface area contributed by atoms with Gasteiger partial charge in [-0.2, -0.15) is 0 Å². The van der Waals surface area contributed by atoms with Gasteiger partial charge >= 0.3 is 5.97 Å². The van der Waals surface area contributed by atoms with Gasteiger partial charge in [0.2, 0.25) is 0 Å². The Hall–Kier alpha value is -1.36. The summed E-state index contributed by atoms with van der Waals surface area (Å²) in [7, 11) is 1.34. The highest BCUT2D eigenvalue weighted by molar-refractivity contribution is 9.10. The first-order valence-corrected chi connectivity index (χ1v) is 4.72. The first-order chi connectivity index (χ1) is 6.70. The number of nitrogens with zero attached hydrogens (tertiary/aromatic N) is 1. The summed E-state index contributed by atoms with van der Waals surface area (Å²) < 4.78 is 5.45. The molecule has 2 aromatic rings. The number of fused-ring (bicyclic) bond motifs is 1. The van der Waals surface area contributed by atoms with Crippen LogP contribution in [-0.4, -0.2) is 23.0 Å². The molecule has 0 aromatic carbocycles. The zero-order chi connectivity index (χ0) is 10.1. The van der Waals surface area contributed by atoms with Crippen molar-refractivity contribution in [2.75, 3.05) is 7.11 Å². The Morgan fingerprint density at radius 3 is 3.07 bits per heavy atom. The van der Waals surface area contributed by atoms with Crippen LogP contribution in [0.1, 0.15) is 10.5 Å². The number of ether oxygens (including phenoxy) is 1. The molecule has 0 fully saturated rings. The molecule has 0 unspecified atom stereocenters. The van der Waals surface area contributed by atoms with Crippen LogP contribution in [0.3, 0.4) is 0 Å². The number of carbonyl (C=O) groups is 1. The minimum absolute atomic E-state index is 0.390. The Labute approximate surface area is 88.4 Å². The minimum Gasteiger partial charge on any atom is -0.464 e. The second-order valence-corrected chi connectivity index (χ2v) is 3.68. The molecule has 4 nitrogen and oxygen atoms in total. The highest BCUT2D eigenvalue weighted by Crippen LogP contribution is 2.17. The van der Waals surface area contributed by atoms with E-state index in [0.29, 0.717) is 5.69 Å². The molecule has 2 rings (SSSR count). The van der Waals surface area contributed by atoms with Crippen LogP contribution >= 0.6 is 15.9 Å². The molecule has 0 aliphatic carbocycles. The van der Waals surface area contributed by atoms with Gasteiger partial charge in [-0.05, 0) is 28.1 Å². The summed E-state index contributed by atoms with van der Waals surface area (Å²) in [5, 5.41) is 0. The molecule has 1 N–H and O–H groups in total. The van der Waals surface area contributed by atoms with Gasteiger partial charge in [0, 0.05) is 10.7 Å². The molecule has 0 amide bonds. The van der Waals surface area contributed by atoms with Crippen LogP contribution in [0.15, 0.2) is 22.8 Å². The zero-order valence-corrected chi connectivity index (χ0v) is 8.96. The van der Waals surface area contributed by atoms with E-state index in [4.69, 9.17) is 0 Å². The summed E-state index contributed by atoms with van der Waals surface area (Å²) in [5.41, 5.74) is 1.96. The zero-order valence-electron chi connectivity index (χ0n) is 7.37. The maximum Gasteiger partial charge on any atom is 0.354 e. The fourth-order valence-corrected chi connectivity index (χ4v) is 1.53. The quantitative estimate of drug-likeness (QED) is 0.794. The Kier molecular flexibility index (Phi) is 2.25. The number of aromatic amines is 1. The van der Waals surface area contributed by atoms with Crippen LogP contribution in [0, 0.1) is 0 Å². The monoisotopic (exact) mass is 254 g/mol. The maximum atomic E-state index is 11.2. The number of rotatable bonds is 1. The number of hydrogen-bond acceptors (Lipinski definition) is 3. The van der Waals surface area contributed by atoms with E-state index in [1.807, 2.05) is 6.07 Å². The van der Waals surface area contributed by atoms with Crippen molar-refractivity contribution in [3.63, 3.8) is 0 Å². The van der Waals surface area contributed by atoms with Gasteiger partial charge in [-0.3, -0.25) is 4.98 Å². The number of pyridine rings is 1. The fourth-order valence-electron chi connectivity index (χ4n) is 1.20. The van der Waals surface area contributed by atoms with E-state index < -0.39 is 0 Å². The molecule has 0 atom stereocenters. The third kappa shape index (κ3) is 1.50. The lowest BCUT2D eigenvalue weighted by molar-refractivity contribution is 0.0595. The van der Waals surface area contributed by atoms with E-state index in [9.17, 15) is 4.79 Å². The first-order valence-electron chi connectivity index (χ1n) is 3.93. The SMILES string of the molecule is COC(=O)c1cc2ncc(Br)cc2[nH]1. The Morgan fingerprint density at radius 2 is 2.36 bits per heavy atom. The van der Waals surface area contributed by atoms with Crippen LogP contribution in [0.5, 0.6) is 0 Å². The number of aromatic nitrogens is 2. The molecule has 0 bridgehead atoms. The average Bonchev–Trinajstić information content (AvgIpc) is 2.59. The van der Waals surface area contributed by atoms with E-state index in [1.165, 1.54) is 7.11 Å². The van der Waals surface area contributed by atoms with Gasteiger partial charge in [-0.1, -0.05) is 0 Å². The van der Waals surface area contributed by atoms with Crippen molar-refractivity contribution in [3.8, 4) is 0 Å². The normalized spacial score (nSPS) is 10.4. The van der Waals surface area contributed by atoms with Gasteiger partial charge in [0.15, 0.2) is 0 Å². The minimum atomic E-state index is -0.390. The number of carbonyl (C=O) groups excluding carboxylic acids is 1. The lowest BCUT2D eigenvalue weighted by atomic mass is 10.4. The van der Waals surface area contributed by atoms with Crippen LogP contribution < -0.4 is 0 Å². The van der Waals surface area contributed by atoms with Crippen LogP contribution in [-0.2, 0) is 4.74 Å². The number of methoxy groups -OCH3 is 1. The Bertz CT molecular complexity index is 493. The summed E-state index contributed by atoms with van der Waals surface area (Å²) in [6.07, 6.45) is 1.68. The predicted molar refractivity (Wildman–Crippen MR) is 55.1 cm³/mol. The molecule has 5 heteroatoms.